The third-order valence-electron chi connectivity index (χ3n) is 5.67. The molecule has 0 radical (unpaired) electrons. The highest BCUT2D eigenvalue weighted by Gasteiger charge is 2.22. The Morgan fingerprint density at radius 3 is 2.58 bits per heavy atom. The average molecular weight is 432 g/mol. The molecule has 7 nitrogen and oxygen atoms in total. The smallest absolute Gasteiger partial charge is 0.251 e. The predicted molar refractivity (Wildman–Crippen MR) is 127 cm³/mol. The number of aliphatic imine (C=N–C) groups is 1. The molecule has 3 N–H and O–H groups in total. The highest BCUT2D eigenvalue weighted by Crippen LogP contribution is 2.13. The summed E-state index contributed by atoms with van der Waals surface area (Å²) in [5, 5.41) is 9.89. The zero-order valence-electron chi connectivity index (χ0n) is 19.9. The van der Waals surface area contributed by atoms with Gasteiger partial charge in [0, 0.05) is 50.9 Å². The number of rotatable bonds is 10. The van der Waals surface area contributed by atoms with Gasteiger partial charge in [-0.3, -0.25) is 14.7 Å². The minimum Gasteiger partial charge on any atom is -0.379 e. The van der Waals surface area contributed by atoms with Gasteiger partial charge in [0.05, 0.1) is 13.2 Å². The fourth-order valence-corrected chi connectivity index (χ4v) is 3.70. The molecular weight excluding hydrogens is 390 g/mol. The number of nitrogens with zero attached hydrogens (tertiary/aromatic N) is 2. The van der Waals surface area contributed by atoms with Crippen molar-refractivity contribution < 1.29 is 9.53 Å². The van der Waals surface area contributed by atoms with Crippen molar-refractivity contribution in [3.8, 4) is 0 Å². The van der Waals surface area contributed by atoms with Crippen molar-refractivity contribution in [3.05, 3.63) is 35.4 Å². The van der Waals surface area contributed by atoms with Gasteiger partial charge in [-0.05, 0) is 43.4 Å². The first-order valence-electron chi connectivity index (χ1n) is 11.6. The number of ether oxygens (including phenoxy) is 1. The first-order chi connectivity index (χ1) is 14.9. The summed E-state index contributed by atoms with van der Waals surface area (Å²) in [6.07, 6.45) is 2.05. The van der Waals surface area contributed by atoms with Crippen LogP contribution in [0.1, 0.15) is 56.5 Å². The Labute approximate surface area is 188 Å². The molecule has 1 fully saturated rings. The van der Waals surface area contributed by atoms with Crippen LogP contribution in [0.2, 0.25) is 0 Å². The normalized spacial score (nSPS) is 17.3. The summed E-state index contributed by atoms with van der Waals surface area (Å²) in [4.78, 5) is 19.3. The van der Waals surface area contributed by atoms with E-state index in [9.17, 15) is 4.79 Å². The number of carbonyl (C=O) groups excluding carboxylic acids is 1. The molecule has 7 heteroatoms. The molecule has 0 aromatic heterocycles. The number of morpholine rings is 1. The first-order valence-corrected chi connectivity index (χ1v) is 11.6. The van der Waals surface area contributed by atoms with Gasteiger partial charge in [-0.25, -0.2) is 0 Å². The van der Waals surface area contributed by atoms with E-state index in [1.54, 1.807) is 7.05 Å². The number of guanidine groups is 1. The Balaban J connectivity index is 1.89. The Kier molecular flexibility index (Phi) is 10.8. The van der Waals surface area contributed by atoms with Crippen molar-refractivity contribution in [1.82, 2.24) is 20.9 Å². The van der Waals surface area contributed by atoms with Crippen molar-refractivity contribution in [3.63, 3.8) is 0 Å². The van der Waals surface area contributed by atoms with Crippen LogP contribution in [0.4, 0.5) is 0 Å². The van der Waals surface area contributed by atoms with E-state index in [1.807, 2.05) is 31.2 Å². The summed E-state index contributed by atoms with van der Waals surface area (Å²) in [7, 11) is 1.79. The van der Waals surface area contributed by atoms with Gasteiger partial charge < -0.3 is 20.7 Å². The summed E-state index contributed by atoms with van der Waals surface area (Å²) in [6, 6.07) is 8.36. The third-order valence-corrected chi connectivity index (χ3v) is 5.67. The van der Waals surface area contributed by atoms with E-state index in [0.717, 1.165) is 57.2 Å². The summed E-state index contributed by atoms with van der Waals surface area (Å²) in [6.45, 7) is 13.6. The fraction of sp³-hybridized carbons (Fsp3) is 0.667. The maximum Gasteiger partial charge on any atom is 0.251 e. The number of benzene rings is 1. The SMILES string of the molecule is CCC(C)NC(=O)c1cccc(CNC(=NC)NCC(CC(C)C)N2CCOCC2)c1. The molecule has 2 unspecified atom stereocenters. The minimum absolute atomic E-state index is 0.0271. The lowest BCUT2D eigenvalue weighted by molar-refractivity contribution is 0.0132. The minimum atomic E-state index is -0.0271. The van der Waals surface area contributed by atoms with Crippen molar-refractivity contribution in [2.75, 3.05) is 39.9 Å². The Morgan fingerprint density at radius 2 is 1.94 bits per heavy atom. The molecule has 0 saturated carbocycles. The van der Waals surface area contributed by atoms with E-state index in [2.05, 4.69) is 46.6 Å². The van der Waals surface area contributed by atoms with Gasteiger partial charge in [0.15, 0.2) is 5.96 Å². The molecule has 1 heterocycles. The molecule has 1 aromatic carbocycles. The number of amides is 1. The van der Waals surface area contributed by atoms with Gasteiger partial charge in [-0.2, -0.15) is 0 Å². The van der Waals surface area contributed by atoms with E-state index >= 15 is 0 Å². The second-order valence-electron chi connectivity index (χ2n) is 8.72. The van der Waals surface area contributed by atoms with Crippen LogP contribution < -0.4 is 16.0 Å². The van der Waals surface area contributed by atoms with Gasteiger partial charge in [0.2, 0.25) is 0 Å². The zero-order valence-corrected chi connectivity index (χ0v) is 19.9. The lowest BCUT2D eigenvalue weighted by atomic mass is 10.0. The zero-order chi connectivity index (χ0) is 22.6. The van der Waals surface area contributed by atoms with Gasteiger partial charge >= 0.3 is 0 Å². The summed E-state index contributed by atoms with van der Waals surface area (Å²) < 4.78 is 5.52. The molecule has 2 atom stereocenters. The van der Waals surface area contributed by atoms with E-state index < -0.39 is 0 Å². The maximum absolute atomic E-state index is 12.4. The highest BCUT2D eigenvalue weighted by atomic mass is 16.5. The first kappa shape index (κ1) is 25.1. The van der Waals surface area contributed by atoms with Crippen LogP contribution in [0.3, 0.4) is 0 Å². The molecule has 1 saturated heterocycles. The van der Waals surface area contributed by atoms with Crippen LogP contribution in [0.25, 0.3) is 0 Å². The monoisotopic (exact) mass is 431 g/mol. The van der Waals surface area contributed by atoms with Crippen molar-refractivity contribution >= 4 is 11.9 Å². The topological polar surface area (TPSA) is 78.0 Å². The summed E-state index contributed by atoms with van der Waals surface area (Å²) in [5.41, 5.74) is 1.73. The predicted octanol–water partition coefficient (Wildman–Crippen LogP) is 2.63. The molecule has 174 valence electrons. The summed E-state index contributed by atoms with van der Waals surface area (Å²) in [5.74, 6) is 1.38. The lowest BCUT2D eigenvalue weighted by Gasteiger charge is -2.35. The molecule has 0 bridgehead atoms. The Morgan fingerprint density at radius 1 is 1.19 bits per heavy atom. The Bertz CT molecular complexity index is 701. The van der Waals surface area contributed by atoms with E-state index in [4.69, 9.17) is 4.74 Å². The fourth-order valence-electron chi connectivity index (χ4n) is 3.70. The maximum atomic E-state index is 12.4. The lowest BCUT2D eigenvalue weighted by Crippen LogP contribution is -2.50. The average Bonchev–Trinajstić information content (AvgIpc) is 2.78. The molecule has 31 heavy (non-hydrogen) atoms. The molecule has 1 amide bonds. The Hall–Kier alpha value is -2.12. The molecule has 2 rings (SSSR count). The van der Waals surface area contributed by atoms with Crippen LogP contribution in [0.15, 0.2) is 29.3 Å². The largest absolute Gasteiger partial charge is 0.379 e. The molecular formula is C24H41N5O2. The molecule has 0 spiro atoms. The molecule has 0 aliphatic carbocycles. The second kappa shape index (κ2) is 13.3. The number of carbonyl (C=O) groups is 1. The van der Waals surface area contributed by atoms with Gasteiger partial charge in [-0.15, -0.1) is 0 Å². The van der Waals surface area contributed by atoms with E-state index in [1.165, 1.54) is 0 Å². The molecule has 1 aliphatic rings. The molecule has 1 aliphatic heterocycles. The third kappa shape index (κ3) is 8.87. The van der Waals surface area contributed by atoms with Crippen molar-refractivity contribution in [2.24, 2.45) is 10.9 Å². The van der Waals surface area contributed by atoms with Crippen LogP contribution in [0.5, 0.6) is 0 Å². The van der Waals surface area contributed by atoms with Crippen LogP contribution in [-0.2, 0) is 11.3 Å². The van der Waals surface area contributed by atoms with Crippen molar-refractivity contribution in [1.29, 1.82) is 0 Å². The van der Waals surface area contributed by atoms with Gasteiger partial charge in [0.25, 0.3) is 5.91 Å². The second-order valence-corrected chi connectivity index (χ2v) is 8.72. The highest BCUT2D eigenvalue weighted by molar-refractivity contribution is 5.94. The number of hydrogen-bond acceptors (Lipinski definition) is 4. The van der Waals surface area contributed by atoms with Crippen LogP contribution in [0, 0.1) is 5.92 Å². The van der Waals surface area contributed by atoms with Crippen LogP contribution >= 0.6 is 0 Å². The summed E-state index contributed by atoms with van der Waals surface area (Å²) >= 11 is 0. The molecule has 1 aromatic rings. The number of hydrogen-bond donors (Lipinski definition) is 3. The van der Waals surface area contributed by atoms with Crippen molar-refractivity contribution in [2.45, 2.75) is 59.2 Å². The standard InChI is InChI=1S/C24H41N5O2/c1-6-19(4)28-23(30)21-9-7-8-20(15-21)16-26-24(25-5)27-17-22(14-18(2)3)29-10-12-31-13-11-29/h7-9,15,18-19,22H,6,10-14,16-17H2,1-5H3,(H,28,30)(H2,25,26,27). The van der Waals surface area contributed by atoms with E-state index in [0.29, 0.717) is 24.1 Å². The van der Waals surface area contributed by atoms with E-state index in [-0.39, 0.29) is 11.9 Å². The van der Waals surface area contributed by atoms with Gasteiger partial charge in [0.1, 0.15) is 0 Å². The number of nitrogens with one attached hydrogen (secondary N) is 3. The quantitative estimate of drug-likeness (QED) is 0.392. The van der Waals surface area contributed by atoms with Gasteiger partial charge in [-0.1, -0.05) is 32.9 Å². The van der Waals surface area contributed by atoms with Crippen LogP contribution in [-0.4, -0.2) is 68.7 Å².